The molecule has 4 aromatic rings. The van der Waals surface area contributed by atoms with Crippen LogP contribution in [0, 0.1) is 23.7 Å². The maximum Gasteiger partial charge on any atom is 0.407 e. The molecule has 6 amide bonds. The molecule has 0 aromatic heterocycles. The summed E-state index contributed by atoms with van der Waals surface area (Å²) >= 11 is 0. The van der Waals surface area contributed by atoms with Crippen LogP contribution in [0.5, 0.6) is 5.75 Å². The van der Waals surface area contributed by atoms with Crippen LogP contribution >= 0.6 is 0 Å². The van der Waals surface area contributed by atoms with Crippen LogP contribution in [-0.4, -0.2) is 222 Å². The number of benzene rings is 4. The van der Waals surface area contributed by atoms with E-state index in [2.05, 4.69) is 27.8 Å². The van der Waals surface area contributed by atoms with Crippen molar-refractivity contribution >= 4 is 71.2 Å². The quantitative estimate of drug-likeness (QED) is 0.0145. The molecule has 4 unspecified atom stereocenters. The van der Waals surface area contributed by atoms with E-state index >= 15 is 9.59 Å². The summed E-state index contributed by atoms with van der Waals surface area (Å²) in [6, 6.07) is 25.5. The Hall–Kier alpha value is -9.77. The minimum atomic E-state index is -1.83. The van der Waals surface area contributed by atoms with Gasteiger partial charge in [-0.3, -0.25) is 38.4 Å². The summed E-state index contributed by atoms with van der Waals surface area (Å²) in [6.45, 7) is 20.1. The molecule has 0 saturated carbocycles. The van der Waals surface area contributed by atoms with Gasteiger partial charge in [-0.05, 0) is 70.7 Å². The first-order valence-corrected chi connectivity index (χ1v) is 37.1. The second-order valence-corrected chi connectivity index (χ2v) is 29.3. The van der Waals surface area contributed by atoms with Gasteiger partial charge in [0.2, 0.25) is 36.0 Å². The Balaban J connectivity index is 1.10. The van der Waals surface area contributed by atoms with Gasteiger partial charge in [0, 0.05) is 85.4 Å². The third-order valence-electron chi connectivity index (χ3n) is 20.3. The average Bonchev–Trinajstić information content (AvgIpc) is 1.72. The van der Waals surface area contributed by atoms with Crippen molar-refractivity contribution in [1.82, 2.24) is 25.8 Å². The number of likely N-dealkylation sites (tertiary alicyclic amines) is 1. The van der Waals surface area contributed by atoms with Gasteiger partial charge in [-0.25, -0.2) is 14.4 Å². The Bertz CT molecular complexity index is 3800. The lowest BCUT2D eigenvalue weighted by Gasteiger charge is -2.43. The lowest BCUT2D eigenvalue weighted by molar-refractivity contribution is -0.922. The summed E-state index contributed by atoms with van der Waals surface area (Å²) in [5, 5.41) is 11.5. The normalized spacial score (nSPS) is 19.7. The highest BCUT2D eigenvalue weighted by Gasteiger charge is 2.56. The molecule has 14 atom stereocenters. The van der Waals surface area contributed by atoms with Gasteiger partial charge in [-0.2, -0.15) is 0 Å². The Morgan fingerprint density at radius 1 is 0.725 bits per heavy atom. The van der Waals surface area contributed by atoms with Crippen LogP contribution in [0.1, 0.15) is 130 Å². The number of fused-ring (bicyclic) bond motifs is 3. The van der Waals surface area contributed by atoms with Crippen LogP contribution in [0.2, 0.25) is 0 Å². The average molecular weight is 1520 g/mol. The first-order valence-electron chi connectivity index (χ1n) is 37.1. The topological polar surface area (TPSA) is 335 Å². The standard InChI is InChI=1S/C81H109N7O21/c1-18-40-103-78(97)61(41-53-28-21-20-22-29-53)84-75(94)49(8)70(101-16)62-34-27-39-87(62)66(93)43-64(100-15)68(48(7)19-2)86(12)77(96)67(46(3)4)85-76(95)69(47(5)6)88(13,14)44-54-35-36-63(108-80-74(107-52(11)91)72(106-51(10)90)71(105-50(9)89)73(109-80)79(98)102-17)60(42-54)83-65(92)37-38-82-81(99)104-45-59-57-32-25-23-30-55(57)56-31-24-26-33-58(56)59/h18,20-26,28-33,35-36,42,46-49,59,61-62,64,67-74,80H,1,19,27,34,37-41,43-45H2,2-17H3,(H3-,82,83,84,85,92,94,95,99)/p+1/t48-,49+,61?,62?,64+,67?,68-,69?,70+,71-,72-,73-,74+,80+/m0/s1. The summed E-state index contributed by atoms with van der Waals surface area (Å²) in [4.78, 5) is 155. The smallest absolute Gasteiger partial charge is 0.407 e. The van der Waals surface area contributed by atoms with Crippen molar-refractivity contribution < 1.29 is 105 Å². The fourth-order valence-corrected chi connectivity index (χ4v) is 15.2. The van der Waals surface area contributed by atoms with Gasteiger partial charge in [0.05, 0.1) is 63.5 Å². The van der Waals surface area contributed by atoms with Gasteiger partial charge in [0.25, 0.3) is 5.91 Å². The molecule has 109 heavy (non-hydrogen) atoms. The van der Waals surface area contributed by atoms with E-state index in [0.717, 1.165) is 55.7 Å². The first kappa shape index (κ1) is 86.5. The molecule has 4 aromatic carbocycles. The van der Waals surface area contributed by atoms with E-state index in [-0.39, 0.29) is 85.1 Å². The highest BCUT2D eigenvalue weighted by atomic mass is 16.7. The molecular formula is C81H110N7O21+. The molecule has 0 radical (unpaired) electrons. The number of anilines is 1. The molecule has 2 aliphatic heterocycles. The third-order valence-corrected chi connectivity index (χ3v) is 20.3. The molecule has 4 N–H and O–H groups in total. The molecule has 1 aliphatic carbocycles. The zero-order valence-electron chi connectivity index (χ0n) is 65.5. The summed E-state index contributed by atoms with van der Waals surface area (Å²) < 4.78 is 57.6. The number of alkyl carbamates (subject to hydrolysis) is 1. The SMILES string of the molecule is C=CCOC(=O)C(Cc1ccccc1)NC(=O)[C@H](C)[C@@H](OC)C1CCCN1C(=O)C[C@@H](OC)[C@H]([C@@H](C)CC)N(C)C(=O)C(NC(=O)C(C(C)C)[N+](C)(C)Cc1ccc(O[C@@H]2O[C@H](C(=O)OC)[C@@H](OC(C)=O)[C@H](OC(C)=O)[C@H]2OC(C)=O)c(NC(=O)CCNC(=O)OCC2c3ccccc3-c3ccccc32)c1)C(C)C. The van der Waals surface area contributed by atoms with Gasteiger partial charge >= 0.3 is 35.9 Å². The number of carbonyl (C=O) groups excluding carboxylic acids is 11. The summed E-state index contributed by atoms with van der Waals surface area (Å²) in [5.41, 5.74) is 5.45. The van der Waals surface area contributed by atoms with Gasteiger partial charge in [0.15, 0.2) is 24.4 Å². The molecule has 2 fully saturated rings. The Kier molecular flexibility index (Phi) is 31.8. The largest absolute Gasteiger partial charge is 0.467 e. The number of hydrogen-bond donors (Lipinski definition) is 4. The van der Waals surface area contributed by atoms with Gasteiger partial charge in [-0.15, -0.1) is 0 Å². The van der Waals surface area contributed by atoms with Gasteiger partial charge in [0.1, 0.15) is 37.6 Å². The molecule has 2 heterocycles. The fraction of sp³-hybridized carbons (Fsp3) is 0.543. The van der Waals surface area contributed by atoms with Crippen molar-refractivity contribution in [2.75, 3.05) is 74.1 Å². The zero-order valence-corrected chi connectivity index (χ0v) is 65.5. The third kappa shape index (κ3) is 22.5. The molecule has 0 bridgehead atoms. The van der Waals surface area contributed by atoms with Crippen molar-refractivity contribution in [2.24, 2.45) is 23.7 Å². The van der Waals surface area contributed by atoms with Crippen LogP contribution in [0.3, 0.4) is 0 Å². The first-order chi connectivity index (χ1) is 51.8. The monoisotopic (exact) mass is 1520 g/mol. The number of likely N-dealkylation sites (N-methyl/N-ethyl adjacent to an activating group) is 2. The van der Waals surface area contributed by atoms with E-state index in [0.29, 0.717) is 31.4 Å². The van der Waals surface area contributed by atoms with Crippen LogP contribution in [0.15, 0.2) is 110 Å². The van der Waals surface area contributed by atoms with E-state index in [4.69, 9.17) is 47.4 Å². The summed E-state index contributed by atoms with van der Waals surface area (Å²) in [7, 11) is 9.34. The van der Waals surface area contributed by atoms with E-state index in [1.807, 2.05) is 135 Å². The molecule has 3 aliphatic rings. The van der Waals surface area contributed by atoms with Crippen LogP contribution < -0.4 is 26.0 Å². The lowest BCUT2D eigenvalue weighted by Crippen LogP contribution is -2.64. The van der Waals surface area contributed by atoms with Crippen molar-refractivity contribution in [3.05, 3.63) is 132 Å². The van der Waals surface area contributed by atoms with E-state index in [1.165, 1.54) is 26.4 Å². The van der Waals surface area contributed by atoms with Gasteiger partial charge < -0.3 is 82.9 Å². The number of methoxy groups -OCH3 is 3. The Labute approximate surface area is 638 Å². The molecule has 0 spiro atoms. The van der Waals surface area contributed by atoms with E-state index in [9.17, 15) is 43.2 Å². The minimum absolute atomic E-state index is 0.0101. The van der Waals surface area contributed by atoms with Crippen molar-refractivity contribution in [1.29, 1.82) is 0 Å². The predicted octanol–water partition coefficient (Wildman–Crippen LogP) is 7.74. The molecular weight excluding hydrogens is 1410 g/mol. The maximum absolute atomic E-state index is 15.3. The predicted molar refractivity (Wildman–Crippen MR) is 401 cm³/mol. The molecule has 594 valence electrons. The van der Waals surface area contributed by atoms with Crippen LogP contribution in [0.4, 0.5) is 10.5 Å². The zero-order chi connectivity index (χ0) is 80.1. The number of quaternary nitrogens is 1. The maximum atomic E-state index is 15.3. The van der Waals surface area contributed by atoms with Crippen LogP contribution in [-0.2, 0) is 104 Å². The van der Waals surface area contributed by atoms with E-state index in [1.54, 1.807) is 35.9 Å². The molecule has 28 heteroatoms. The number of esters is 5. The number of hydrogen-bond acceptors (Lipinski definition) is 21. The lowest BCUT2D eigenvalue weighted by atomic mass is 9.89. The van der Waals surface area contributed by atoms with E-state index < -0.39 is 145 Å². The summed E-state index contributed by atoms with van der Waals surface area (Å²) in [6.07, 6.45) is -8.25. The van der Waals surface area contributed by atoms with Gasteiger partial charge in [-0.1, -0.05) is 146 Å². The molecule has 28 nitrogen and oxygen atoms in total. The fourth-order valence-electron chi connectivity index (χ4n) is 15.2. The second-order valence-electron chi connectivity index (χ2n) is 29.3. The minimum Gasteiger partial charge on any atom is -0.467 e. The van der Waals surface area contributed by atoms with Crippen LogP contribution in [0.25, 0.3) is 11.1 Å². The number of nitrogens with zero attached hydrogens (tertiary/aromatic N) is 3. The second kappa shape index (κ2) is 40.1. The highest BCUT2D eigenvalue weighted by Crippen LogP contribution is 2.45. The number of ether oxygens (including phenoxy) is 10. The number of nitrogens with one attached hydrogen (secondary N) is 4. The Morgan fingerprint density at radius 2 is 1.34 bits per heavy atom. The Morgan fingerprint density at radius 3 is 1.92 bits per heavy atom. The number of rotatable bonds is 37. The number of amides is 6. The highest BCUT2D eigenvalue weighted by molar-refractivity contribution is 5.93. The van der Waals surface area contributed by atoms with Crippen molar-refractivity contribution in [3.63, 3.8) is 0 Å². The molecule has 7 rings (SSSR count). The number of carbonyl (C=O) groups is 11. The summed E-state index contributed by atoms with van der Waals surface area (Å²) in [5.74, 6) is -8.92. The van der Waals surface area contributed by atoms with Crippen molar-refractivity contribution in [3.8, 4) is 16.9 Å². The molecule has 2 saturated heterocycles. The van der Waals surface area contributed by atoms with Crippen molar-refractivity contribution in [2.45, 2.75) is 193 Å².